The largest absolute Gasteiger partial charge is 0.325 e. The van der Waals surface area contributed by atoms with Gasteiger partial charge in [0.25, 0.3) is 5.91 Å². The number of rotatable bonds is 3. The SMILES string of the molecule is CSc1ccc2cc(CN3C(=O)NC4(CCCNC4)C3=O)c(Cl)nc2c1. The molecule has 2 aliphatic rings. The zero-order valence-corrected chi connectivity index (χ0v) is 15.9. The van der Waals surface area contributed by atoms with Gasteiger partial charge in [-0.05, 0) is 43.8 Å². The summed E-state index contributed by atoms with van der Waals surface area (Å²) in [5.74, 6) is -0.191. The summed E-state index contributed by atoms with van der Waals surface area (Å²) >= 11 is 7.99. The summed E-state index contributed by atoms with van der Waals surface area (Å²) in [6, 6.07) is 7.51. The molecule has 1 spiro atoms. The molecular weight excluding hydrogens is 372 g/mol. The van der Waals surface area contributed by atoms with Gasteiger partial charge in [0.15, 0.2) is 0 Å². The van der Waals surface area contributed by atoms with Gasteiger partial charge in [0.2, 0.25) is 0 Å². The summed E-state index contributed by atoms with van der Waals surface area (Å²) < 4.78 is 0. The van der Waals surface area contributed by atoms with Crippen LogP contribution in [0.5, 0.6) is 0 Å². The van der Waals surface area contributed by atoms with Crippen LogP contribution in [0.4, 0.5) is 4.79 Å². The Balaban J connectivity index is 1.63. The van der Waals surface area contributed by atoms with Gasteiger partial charge in [0.1, 0.15) is 10.7 Å². The first kappa shape index (κ1) is 17.6. The molecule has 2 saturated heterocycles. The van der Waals surface area contributed by atoms with Crippen LogP contribution in [0.2, 0.25) is 5.15 Å². The molecule has 8 heteroatoms. The maximum atomic E-state index is 12.9. The molecule has 1 unspecified atom stereocenters. The van der Waals surface area contributed by atoms with Crippen LogP contribution in [0.25, 0.3) is 10.9 Å². The number of piperidine rings is 1. The fourth-order valence-electron chi connectivity index (χ4n) is 3.59. The molecule has 1 aromatic heterocycles. The molecule has 2 fully saturated rings. The van der Waals surface area contributed by atoms with Gasteiger partial charge in [-0.1, -0.05) is 17.7 Å². The number of pyridine rings is 1. The molecule has 1 atom stereocenters. The monoisotopic (exact) mass is 390 g/mol. The number of benzene rings is 1. The maximum absolute atomic E-state index is 12.9. The Bertz CT molecular complexity index is 898. The van der Waals surface area contributed by atoms with Crippen molar-refractivity contribution in [1.82, 2.24) is 20.5 Å². The van der Waals surface area contributed by atoms with Gasteiger partial charge in [0, 0.05) is 22.4 Å². The molecule has 2 aliphatic heterocycles. The number of carbonyl (C=O) groups is 2. The lowest BCUT2D eigenvalue weighted by molar-refractivity contribution is -0.132. The predicted octanol–water partition coefficient (Wildman–Crippen LogP) is 2.78. The van der Waals surface area contributed by atoms with Gasteiger partial charge in [-0.15, -0.1) is 11.8 Å². The van der Waals surface area contributed by atoms with E-state index in [9.17, 15) is 9.59 Å². The molecule has 0 bridgehead atoms. The third-order valence-corrected chi connectivity index (χ3v) is 6.06. The zero-order chi connectivity index (χ0) is 18.3. The zero-order valence-electron chi connectivity index (χ0n) is 14.3. The summed E-state index contributed by atoms with van der Waals surface area (Å²) in [5, 5.41) is 7.32. The minimum atomic E-state index is -0.820. The van der Waals surface area contributed by atoms with Crippen LogP contribution in [-0.2, 0) is 11.3 Å². The molecule has 6 nitrogen and oxygen atoms in total. The van der Waals surface area contributed by atoms with E-state index in [0.29, 0.717) is 23.7 Å². The van der Waals surface area contributed by atoms with E-state index in [2.05, 4.69) is 15.6 Å². The van der Waals surface area contributed by atoms with Crippen LogP contribution >= 0.6 is 23.4 Å². The van der Waals surface area contributed by atoms with Crippen molar-refractivity contribution in [3.8, 4) is 0 Å². The summed E-state index contributed by atoms with van der Waals surface area (Å²) in [6.07, 6.45) is 3.52. The minimum absolute atomic E-state index is 0.123. The molecule has 1 aromatic carbocycles. The van der Waals surface area contributed by atoms with Crippen molar-refractivity contribution in [3.63, 3.8) is 0 Å². The average Bonchev–Trinajstić information content (AvgIpc) is 2.86. The minimum Gasteiger partial charge on any atom is -0.322 e. The second kappa shape index (κ2) is 6.72. The number of nitrogens with one attached hydrogen (secondary N) is 2. The molecule has 0 radical (unpaired) electrons. The second-order valence-electron chi connectivity index (χ2n) is 6.68. The van der Waals surface area contributed by atoms with Crippen LogP contribution in [0.15, 0.2) is 29.2 Å². The van der Waals surface area contributed by atoms with Crippen molar-refractivity contribution in [3.05, 3.63) is 35.0 Å². The van der Waals surface area contributed by atoms with Crippen LogP contribution in [0.3, 0.4) is 0 Å². The highest BCUT2D eigenvalue weighted by Crippen LogP contribution is 2.29. The number of halogens is 1. The van der Waals surface area contributed by atoms with E-state index in [0.717, 1.165) is 28.8 Å². The summed E-state index contributed by atoms with van der Waals surface area (Å²) in [4.78, 5) is 32.1. The van der Waals surface area contributed by atoms with Crippen LogP contribution in [0.1, 0.15) is 18.4 Å². The second-order valence-corrected chi connectivity index (χ2v) is 7.92. The van der Waals surface area contributed by atoms with Crippen molar-refractivity contribution in [2.75, 3.05) is 19.3 Å². The number of urea groups is 1. The highest BCUT2D eigenvalue weighted by Gasteiger charge is 2.51. The van der Waals surface area contributed by atoms with Crippen molar-refractivity contribution < 1.29 is 9.59 Å². The van der Waals surface area contributed by atoms with E-state index in [1.807, 2.05) is 30.5 Å². The number of carbonyl (C=O) groups excluding carboxylic acids is 2. The number of nitrogens with zero attached hydrogens (tertiary/aromatic N) is 2. The van der Waals surface area contributed by atoms with E-state index in [-0.39, 0.29) is 18.5 Å². The Morgan fingerprint density at radius 1 is 1.35 bits per heavy atom. The number of amides is 3. The number of hydrogen-bond acceptors (Lipinski definition) is 5. The Morgan fingerprint density at radius 2 is 2.19 bits per heavy atom. The quantitative estimate of drug-likeness (QED) is 0.479. The Hall–Kier alpha value is -1.83. The third-order valence-electron chi connectivity index (χ3n) is 5.01. The van der Waals surface area contributed by atoms with Crippen LogP contribution in [0, 0.1) is 0 Å². The first-order valence-corrected chi connectivity index (χ1v) is 10.1. The molecule has 3 heterocycles. The van der Waals surface area contributed by atoms with E-state index < -0.39 is 5.54 Å². The standard InChI is InChI=1S/C18H19ClN4O2S/c1-26-13-4-3-11-7-12(15(19)21-14(11)8-13)9-23-16(24)18(22-17(23)25)5-2-6-20-10-18/h3-4,7-8,20H,2,5-6,9-10H2,1H3,(H,22,25). The topological polar surface area (TPSA) is 74.3 Å². The highest BCUT2D eigenvalue weighted by molar-refractivity contribution is 7.98. The lowest BCUT2D eigenvalue weighted by Gasteiger charge is -2.31. The van der Waals surface area contributed by atoms with Crippen LogP contribution in [-0.4, -0.2) is 46.7 Å². The van der Waals surface area contributed by atoms with Gasteiger partial charge in [0.05, 0.1) is 12.1 Å². The first-order valence-electron chi connectivity index (χ1n) is 8.50. The number of hydrogen-bond donors (Lipinski definition) is 2. The Labute approximate surface area is 160 Å². The van der Waals surface area contributed by atoms with Gasteiger partial charge >= 0.3 is 6.03 Å². The van der Waals surface area contributed by atoms with E-state index in [4.69, 9.17) is 11.6 Å². The molecule has 2 aromatic rings. The van der Waals surface area contributed by atoms with E-state index in [1.54, 1.807) is 11.8 Å². The van der Waals surface area contributed by atoms with E-state index in [1.165, 1.54) is 4.90 Å². The van der Waals surface area contributed by atoms with Crippen LogP contribution < -0.4 is 10.6 Å². The van der Waals surface area contributed by atoms with Crippen molar-refractivity contribution in [2.24, 2.45) is 0 Å². The molecular formula is C18H19ClN4O2S. The average molecular weight is 391 g/mol. The summed E-state index contributed by atoms with van der Waals surface area (Å²) in [7, 11) is 0. The molecule has 4 rings (SSSR count). The number of fused-ring (bicyclic) bond motifs is 1. The van der Waals surface area contributed by atoms with E-state index >= 15 is 0 Å². The highest BCUT2D eigenvalue weighted by atomic mass is 35.5. The number of thioether (sulfide) groups is 1. The number of aromatic nitrogens is 1. The number of imide groups is 1. The van der Waals surface area contributed by atoms with Gasteiger partial charge in [-0.25, -0.2) is 9.78 Å². The van der Waals surface area contributed by atoms with Gasteiger partial charge in [-0.3, -0.25) is 9.69 Å². The maximum Gasteiger partial charge on any atom is 0.325 e. The normalized spacial score (nSPS) is 23.1. The molecule has 26 heavy (non-hydrogen) atoms. The van der Waals surface area contributed by atoms with Crippen molar-refractivity contribution in [2.45, 2.75) is 29.8 Å². The first-order chi connectivity index (χ1) is 12.5. The summed E-state index contributed by atoms with van der Waals surface area (Å²) in [5.41, 5.74) is 0.649. The molecule has 0 saturated carbocycles. The Kier molecular flexibility index (Phi) is 4.54. The molecule has 2 N–H and O–H groups in total. The van der Waals surface area contributed by atoms with Crippen molar-refractivity contribution >= 4 is 46.2 Å². The van der Waals surface area contributed by atoms with Gasteiger partial charge < -0.3 is 10.6 Å². The molecule has 0 aliphatic carbocycles. The molecule has 136 valence electrons. The van der Waals surface area contributed by atoms with Gasteiger partial charge in [-0.2, -0.15) is 0 Å². The lowest BCUT2D eigenvalue weighted by Crippen LogP contribution is -2.57. The predicted molar refractivity (Wildman–Crippen MR) is 102 cm³/mol. The smallest absolute Gasteiger partial charge is 0.322 e. The summed E-state index contributed by atoms with van der Waals surface area (Å²) in [6.45, 7) is 1.46. The fraction of sp³-hybridized carbons (Fsp3) is 0.389. The molecule has 3 amide bonds. The van der Waals surface area contributed by atoms with Crippen molar-refractivity contribution in [1.29, 1.82) is 0 Å². The lowest BCUT2D eigenvalue weighted by atomic mass is 9.90. The fourth-order valence-corrected chi connectivity index (χ4v) is 4.23. The third kappa shape index (κ3) is 2.94. The Morgan fingerprint density at radius 3 is 2.92 bits per heavy atom.